The van der Waals surface area contributed by atoms with Gasteiger partial charge in [-0.15, -0.1) is 50.5 Å². The first kappa shape index (κ1) is 38.0. The maximum Gasteiger partial charge on any atom is 0.310 e. The molecule has 8 nitrogen and oxygen atoms in total. The standard InChI is InChI=1S/C37H36O8S4/c38-33(17-25-1-9-29(46)10-2-25)42-21-37(22-43-34(39)18-26-3-11-30(47)12-4-26,23-44-35(40)19-27-5-13-31(48)14-6-27)24-45-36(41)20-28-7-15-32(49)16-8-28/h1-16,46-49H,17-24H2. The molecular formula is C37H36O8S4. The van der Waals surface area contributed by atoms with Crippen molar-refractivity contribution < 1.29 is 38.1 Å². The Morgan fingerprint density at radius 2 is 0.551 bits per heavy atom. The molecule has 0 aromatic heterocycles. The summed E-state index contributed by atoms with van der Waals surface area (Å²) in [6.45, 7) is -1.49. The molecule has 0 spiro atoms. The topological polar surface area (TPSA) is 105 Å². The summed E-state index contributed by atoms with van der Waals surface area (Å²) in [5.41, 5.74) is 1.37. The van der Waals surface area contributed by atoms with Crippen LogP contribution in [0.2, 0.25) is 0 Å². The Kier molecular flexibility index (Phi) is 14.6. The zero-order valence-corrected chi connectivity index (χ0v) is 30.0. The van der Waals surface area contributed by atoms with Crippen molar-refractivity contribution in [2.75, 3.05) is 26.4 Å². The Morgan fingerprint density at radius 1 is 0.367 bits per heavy atom. The summed E-state index contributed by atoms with van der Waals surface area (Å²) in [7, 11) is 0. The molecular weight excluding hydrogens is 701 g/mol. The van der Waals surface area contributed by atoms with Gasteiger partial charge in [-0.3, -0.25) is 19.2 Å². The first-order valence-electron chi connectivity index (χ1n) is 15.2. The van der Waals surface area contributed by atoms with Crippen molar-refractivity contribution in [2.45, 2.75) is 45.3 Å². The van der Waals surface area contributed by atoms with Crippen LogP contribution >= 0.6 is 50.5 Å². The van der Waals surface area contributed by atoms with Crippen LogP contribution in [0.1, 0.15) is 22.3 Å². The number of esters is 4. The van der Waals surface area contributed by atoms with Crippen LogP contribution in [-0.4, -0.2) is 50.3 Å². The van der Waals surface area contributed by atoms with Gasteiger partial charge in [-0.2, -0.15) is 0 Å². The SMILES string of the molecule is O=C(Cc1ccc(S)cc1)OCC(COC(=O)Cc1ccc(S)cc1)(COC(=O)Cc1ccc(S)cc1)COC(=O)Cc1ccc(S)cc1. The van der Waals surface area contributed by atoms with Crippen molar-refractivity contribution in [2.24, 2.45) is 5.41 Å². The van der Waals surface area contributed by atoms with Crippen LogP contribution in [0.5, 0.6) is 0 Å². The lowest BCUT2D eigenvalue weighted by Gasteiger charge is -2.31. The van der Waals surface area contributed by atoms with E-state index in [0.29, 0.717) is 22.3 Å². The van der Waals surface area contributed by atoms with Gasteiger partial charge in [0.1, 0.15) is 31.8 Å². The molecule has 0 aliphatic carbocycles. The predicted octanol–water partition coefficient (Wildman–Crippen LogP) is 6.27. The maximum atomic E-state index is 13.0. The van der Waals surface area contributed by atoms with E-state index in [1.807, 2.05) is 0 Å². The Balaban J connectivity index is 1.52. The molecule has 0 saturated carbocycles. The van der Waals surface area contributed by atoms with Crippen LogP contribution in [0.3, 0.4) is 0 Å². The zero-order chi connectivity index (χ0) is 35.2. The van der Waals surface area contributed by atoms with Crippen molar-refractivity contribution >= 4 is 74.4 Å². The molecule has 0 N–H and O–H groups in total. The van der Waals surface area contributed by atoms with E-state index in [-0.39, 0.29) is 52.1 Å². The van der Waals surface area contributed by atoms with E-state index < -0.39 is 29.3 Å². The highest BCUT2D eigenvalue weighted by atomic mass is 32.1. The number of thiol groups is 4. The number of hydrogen-bond acceptors (Lipinski definition) is 12. The largest absolute Gasteiger partial charge is 0.464 e. The van der Waals surface area contributed by atoms with E-state index in [1.165, 1.54) is 0 Å². The van der Waals surface area contributed by atoms with Crippen molar-refractivity contribution in [3.8, 4) is 0 Å². The molecule has 0 radical (unpaired) electrons. The fourth-order valence-corrected chi connectivity index (χ4v) is 5.11. The molecule has 0 bridgehead atoms. The average Bonchev–Trinajstić information content (AvgIpc) is 3.08. The lowest BCUT2D eigenvalue weighted by atomic mass is 9.92. The van der Waals surface area contributed by atoms with Gasteiger partial charge in [0, 0.05) is 19.6 Å². The van der Waals surface area contributed by atoms with Crippen molar-refractivity contribution in [3.63, 3.8) is 0 Å². The van der Waals surface area contributed by atoms with E-state index in [0.717, 1.165) is 19.6 Å². The lowest BCUT2D eigenvalue weighted by Crippen LogP contribution is -2.44. The molecule has 0 amide bonds. The van der Waals surface area contributed by atoms with E-state index in [9.17, 15) is 19.2 Å². The third-order valence-electron chi connectivity index (χ3n) is 7.30. The summed E-state index contributed by atoms with van der Waals surface area (Å²) < 4.78 is 22.7. The minimum Gasteiger partial charge on any atom is -0.464 e. The Bertz CT molecular complexity index is 1450. The number of carbonyl (C=O) groups is 4. The number of ether oxygens (including phenoxy) is 4. The zero-order valence-electron chi connectivity index (χ0n) is 26.4. The van der Waals surface area contributed by atoms with Gasteiger partial charge in [0.05, 0.1) is 25.7 Å². The van der Waals surface area contributed by atoms with Crippen LogP contribution in [0.15, 0.2) is 117 Å². The molecule has 49 heavy (non-hydrogen) atoms. The molecule has 0 unspecified atom stereocenters. The summed E-state index contributed by atoms with van der Waals surface area (Å²) in [6, 6.07) is 28.1. The van der Waals surface area contributed by atoms with Crippen LogP contribution < -0.4 is 0 Å². The summed E-state index contributed by atoms with van der Waals surface area (Å²) >= 11 is 17.1. The molecule has 4 aromatic rings. The molecule has 4 rings (SSSR count). The van der Waals surface area contributed by atoms with Gasteiger partial charge >= 0.3 is 23.9 Å². The molecule has 0 heterocycles. The fourth-order valence-electron chi connectivity index (χ4n) is 4.51. The van der Waals surface area contributed by atoms with Gasteiger partial charge in [-0.1, -0.05) is 48.5 Å². The minimum atomic E-state index is -1.43. The highest BCUT2D eigenvalue weighted by Gasteiger charge is 2.38. The number of benzene rings is 4. The number of rotatable bonds is 16. The molecule has 0 fully saturated rings. The van der Waals surface area contributed by atoms with Crippen molar-refractivity contribution in [1.82, 2.24) is 0 Å². The average molecular weight is 737 g/mol. The van der Waals surface area contributed by atoms with Gasteiger partial charge in [-0.25, -0.2) is 0 Å². The third-order valence-corrected chi connectivity index (χ3v) is 8.49. The number of carbonyl (C=O) groups excluding carboxylic acids is 4. The van der Waals surface area contributed by atoms with Crippen molar-refractivity contribution in [1.29, 1.82) is 0 Å². The second-order valence-electron chi connectivity index (χ2n) is 11.5. The van der Waals surface area contributed by atoms with E-state index in [1.54, 1.807) is 97.1 Å². The summed E-state index contributed by atoms with van der Waals surface area (Å²) in [5.74, 6) is -2.31. The number of hydrogen-bond donors (Lipinski definition) is 4. The van der Waals surface area contributed by atoms with E-state index in [4.69, 9.17) is 18.9 Å². The third kappa shape index (κ3) is 13.5. The second-order valence-corrected chi connectivity index (χ2v) is 13.6. The monoisotopic (exact) mass is 736 g/mol. The molecule has 0 saturated heterocycles. The minimum absolute atomic E-state index is 0.0487. The van der Waals surface area contributed by atoms with Gasteiger partial charge in [-0.05, 0) is 70.8 Å². The van der Waals surface area contributed by atoms with E-state index in [2.05, 4.69) is 50.5 Å². The highest BCUT2D eigenvalue weighted by molar-refractivity contribution is 7.80. The molecule has 12 heteroatoms. The summed E-state index contributed by atoms with van der Waals surface area (Å²) in [4.78, 5) is 54.9. The summed E-state index contributed by atoms with van der Waals surface area (Å²) in [5, 5.41) is 0. The highest BCUT2D eigenvalue weighted by Crippen LogP contribution is 2.23. The van der Waals surface area contributed by atoms with Crippen LogP contribution in [0, 0.1) is 5.41 Å². The van der Waals surface area contributed by atoms with Gasteiger partial charge < -0.3 is 18.9 Å². The quantitative estimate of drug-likeness (QED) is 0.0607. The Morgan fingerprint density at radius 3 is 0.735 bits per heavy atom. The van der Waals surface area contributed by atoms with Crippen LogP contribution in [-0.2, 0) is 63.8 Å². The fraction of sp³-hybridized carbons (Fsp3) is 0.243. The van der Waals surface area contributed by atoms with Crippen LogP contribution in [0.25, 0.3) is 0 Å². The van der Waals surface area contributed by atoms with Crippen LogP contribution in [0.4, 0.5) is 0 Å². The van der Waals surface area contributed by atoms with Crippen molar-refractivity contribution in [3.05, 3.63) is 119 Å². The Labute approximate surface area is 307 Å². The first-order valence-corrected chi connectivity index (χ1v) is 17.0. The Hall–Kier alpha value is -3.84. The lowest BCUT2D eigenvalue weighted by molar-refractivity contribution is -0.169. The summed E-state index contributed by atoms with van der Waals surface area (Å²) in [6.07, 6.45) is -0.195. The molecule has 0 atom stereocenters. The first-order chi connectivity index (χ1) is 23.5. The maximum absolute atomic E-state index is 13.0. The predicted molar refractivity (Wildman–Crippen MR) is 196 cm³/mol. The normalized spacial score (nSPS) is 11.0. The molecule has 256 valence electrons. The van der Waals surface area contributed by atoms with Gasteiger partial charge in [0.25, 0.3) is 0 Å². The van der Waals surface area contributed by atoms with Gasteiger partial charge in [0.2, 0.25) is 0 Å². The molecule has 0 aliphatic heterocycles. The van der Waals surface area contributed by atoms with E-state index >= 15 is 0 Å². The smallest absolute Gasteiger partial charge is 0.310 e. The second kappa shape index (κ2) is 18.8. The molecule has 4 aromatic carbocycles. The van der Waals surface area contributed by atoms with Gasteiger partial charge in [0.15, 0.2) is 0 Å². The molecule has 0 aliphatic rings.